The molecule has 1 aliphatic rings. The van der Waals surface area contributed by atoms with E-state index in [1.807, 2.05) is 6.20 Å². The first kappa shape index (κ1) is 17.5. The first-order valence-corrected chi connectivity index (χ1v) is 9.41. The summed E-state index contributed by atoms with van der Waals surface area (Å²) in [5.74, 6) is 0.771. The van der Waals surface area contributed by atoms with Crippen molar-refractivity contribution in [2.45, 2.75) is 44.3 Å². The van der Waals surface area contributed by atoms with Crippen LogP contribution in [-0.2, 0) is 16.1 Å². The number of aromatic nitrogens is 2. The fourth-order valence-corrected chi connectivity index (χ4v) is 3.53. The van der Waals surface area contributed by atoms with Gasteiger partial charge in [-0.25, -0.2) is 4.98 Å². The zero-order valence-electron chi connectivity index (χ0n) is 14.4. The van der Waals surface area contributed by atoms with Crippen LogP contribution in [0.25, 0.3) is 0 Å². The lowest BCUT2D eigenvalue weighted by Gasteiger charge is -2.09. The number of carbonyl (C=O) groups is 2. The second-order valence-corrected chi connectivity index (χ2v) is 7.02. The third-order valence-corrected chi connectivity index (χ3v) is 4.97. The minimum Gasteiger partial charge on any atom is -0.326 e. The summed E-state index contributed by atoms with van der Waals surface area (Å²) in [5, 5.41) is 6.46. The van der Waals surface area contributed by atoms with Gasteiger partial charge < -0.3 is 15.2 Å². The van der Waals surface area contributed by atoms with Gasteiger partial charge in [-0.3, -0.25) is 9.59 Å². The highest BCUT2D eigenvalue weighted by Gasteiger charge is 2.28. The molecule has 1 saturated carbocycles. The molecule has 0 radical (unpaired) electrons. The van der Waals surface area contributed by atoms with Crippen LogP contribution in [-0.4, -0.2) is 27.1 Å². The third kappa shape index (κ3) is 4.63. The van der Waals surface area contributed by atoms with Crippen molar-refractivity contribution in [1.82, 2.24) is 9.55 Å². The van der Waals surface area contributed by atoms with Crippen molar-refractivity contribution in [3.05, 3.63) is 36.2 Å². The van der Waals surface area contributed by atoms with Crippen LogP contribution in [0.15, 0.2) is 35.6 Å². The van der Waals surface area contributed by atoms with Gasteiger partial charge in [0.1, 0.15) is 0 Å². The van der Waals surface area contributed by atoms with Crippen LogP contribution in [0.2, 0.25) is 0 Å². The molecule has 0 saturated heterocycles. The molecular formula is C18H22N4O2S. The summed E-state index contributed by atoms with van der Waals surface area (Å²) in [6.07, 6.45) is 4.43. The molecule has 0 bridgehead atoms. The zero-order chi connectivity index (χ0) is 17.8. The molecule has 2 N–H and O–H groups in total. The van der Waals surface area contributed by atoms with Crippen molar-refractivity contribution in [3.63, 3.8) is 0 Å². The van der Waals surface area contributed by atoms with E-state index in [9.17, 15) is 9.59 Å². The predicted molar refractivity (Wildman–Crippen MR) is 100.0 cm³/mol. The Hall–Kier alpha value is -2.28. The first-order valence-electron chi connectivity index (χ1n) is 8.42. The van der Waals surface area contributed by atoms with Crippen LogP contribution in [0.5, 0.6) is 0 Å². The van der Waals surface area contributed by atoms with Gasteiger partial charge in [-0.1, -0.05) is 11.8 Å². The minimum absolute atomic E-state index is 0.0732. The number of imidazole rings is 1. The van der Waals surface area contributed by atoms with Crippen molar-refractivity contribution in [2.75, 3.05) is 16.4 Å². The fourth-order valence-electron chi connectivity index (χ4n) is 2.68. The molecule has 0 atom stereocenters. The lowest BCUT2D eigenvalue weighted by Crippen LogP contribution is -2.15. The van der Waals surface area contributed by atoms with Gasteiger partial charge in [-0.05, 0) is 44.0 Å². The van der Waals surface area contributed by atoms with Gasteiger partial charge in [-0.2, -0.15) is 0 Å². The average molecular weight is 358 g/mol. The Morgan fingerprint density at radius 3 is 2.40 bits per heavy atom. The number of hydrogen-bond donors (Lipinski definition) is 2. The Kier molecular flexibility index (Phi) is 5.43. The summed E-state index contributed by atoms with van der Waals surface area (Å²) in [7, 11) is 0. The zero-order valence-corrected chi connectivity index (χ0v) is 15.2. The Morgan fingerprint density at radius 1 is 1.20 bits per heavy atom. The van der Waals surface area contributed by atoms with Gasteiger partial charge in [0.15, 0.2) is 5.16 Å². The van der Waals surface area contributed by atoms with Crippen molar-refractivity contribution < 1.29 is 9.59 Å². The quantitative estimate of drug-likeness (QED) is 0.743. The van der Waals surface area contributed by atoms with Crippen LogP contribution < -0.4 is 10.6 Å². The number of carbonyl (C=O) groups excluding carboxylic acids is 2. The molecular weight excluding hydrogens is 336 g/mol. The molecule has 2 amide bonds. The molecule has 0 spiro atoms. The first-order chi connectivity index (χ1) is 12.1. The molecule has 0 unspecified atom stereocenters. The molecule has 1 aromatic carbocycles. The second kappa shape index (κ2) is 7.74. The predicted octanol–water partition coefficient (Wildman–Crippen LogP) is 3.47. The van der Waals surface area contributed by atoms with E-state index < -0.39 is 0 Å². The highest BCUT2D eigenvalue weighted by atomic mass is 32.2. The topological polar surface area (TPSA) is 76.0 Å². The summed E-state index contributed by atoms with van der Waals surface area (Å²) in [6, 6.07) is 7.06. The third-order valence-electron chi connectivity index (χ3n) is 3.98. The largest absolute Gasteiger partial charge is 0.326 e. The van der Waals surface area contributed by atoms with Crippen molar-refractivity contribution in [2.24, 2.45) is 0 Å². The number of anilines is 2. The maximum atomic E-state index is 12.2. The van der Waals surface area contributed by atoms with E-state index in [4.69, 9.17) is 0 Å². The summed E-state index contributed by atoms with van der Waals surface area (Å²) >= 11 is 1.46. The standard InChI is InChI=1S/C18H22N4O2S/c1-3-22-16(13-4-5-13)10-19-18(22)25-11-17(24)21-15-8-6-14(7-9-15)20-12(2)23/h6-10,13H,3-5,11H2,1-2H3,(H,20,23)(H,21,24). The highest BCUT2D eigenvalue weighted by molar-refractivity contribution is 7.99. The number of nitrogens with one attached hydrogen (secondary N) is 2. The highest BCUT2D eigenvalue weighted by Crippen LogP contribution is 2.41. The summed E-state index contributed by atoms with van der Waals surface area (Å²) < 4.78 is 2.21. The lowest BCUT2D eigenvalue weighted by atomic mass is 10.3. The molecule has 1 fully saturated rings. The fraction of sp³-hybridized carbons (Fsp3) is 0.389. The molecule has 0 aliphatic heterocycles. The number of benzene rings is 1. The molecule has 1 aliphatic carbocycles. The van der Waals surface area contributed by atoms with Gasteiger partial charge in [0, 0.05) is 42.7 Å². The smallest absolute Gasteiger partial charge is 0.234 e. The van der Waals surface area contributed by atoms with Crippen molar-refractivity contribution >= 4 is 35.0 Å². The number of amides is 2. The van der Waals surface area contributed by atoms with Crippen LogP contribution in [0.4, 0.5) is 11.4 Å². The Balaban J connectivity index is 1.53. The molecule has 7 heteroatoms. The number of hydrogen-bond acceptors (Lipinski definition) is 4. The lowest BCUT2D eigenvalue weighted by molar-refractivity contribution is -0.114. The molecule has 25 heavy (non-hydrogen) atoms. The Labute approximate surface area is 151 Å². The van der Waals surface area contributed by atoms with E-state index in [1.165, 1.54) is 37.2 Å². The molecule has 6 nitrogen and oxygen atoms in total. The normalized spacial score (nSPS) is 13.5. The van der Waals surface area contributed by atoms with E-state index in [0.717, 1.165) is 11.7 Å². The molecule has 132 valence electrons. The van der Waals surface area contributed by atoms with Crippen molar-refractivity contribution in [1.29, 1.82) is 0 Å². The van der Waals surface area contributed by atoms with Gasteiger partial charge in [0.2, 0.25) is 11.8 Å². The SMILES string of the molecule is CCn1c(C2CC2)cnc1SCC(=O)Nc1ccc(NC(C)=O)cc1. The van der Waals surface area contributed by atoms with Gasteiger partial charge >= 0.3 is 0 Å². The monoisotopic (exact) mass is 358 g/mol. The van der Waals surface area contributed by atoms with E-state index in [0.29, 0.717) is 23.0 Å². The average Bonchev–Trinajstić information content (AvgIpc) is 3.34. The van der Waals surface area contributed by atoms with Gasteiger partial charge in [0.05, 0.1) is 5.75 Å². The van der Waals surface area contributed by atoms with Crippen LogP contribution >= 0.6 is 11.8 Å². The molecule has 2 aromatic rings. The maximum Gasteiger partial charge on any atom is 0.234 e. The van der Waals surface area contributed by atoms with E-state index >= 15 is 0 Å². The number of nitrogens with zero attached hydrogens (tertiary/aromatic N) is 2. The second-order valence-electron chi connectivity index (χ2n) is 6.08. The van der Waals surface area contributed by atoms with E-state index in [2.05, 4.69) is 27.1 Å². The maximum absolute atomic E-state index is 12.2. The Morgan fingerprint density at radius 2 is 1.84 bits per heavy atom. The minimum atomic E-state index is -0.120. The van der Waals surface area contributed by atoms with E-state index in [-0.39, 0.29) is 11.8 Å². The molecule has 1 aromatic heterocycles. The van der Waals surface area contributed by atoms with Crippen LogP contribution in [0, 0.1) is 0 Å². The Bertz CT molecular complexity index is 766. The number of rotatable bonds is 7. The summed E-state index contributed by atoms with van der Waals surface area (Å²) in [4.78, 5) is 27.6. The molecule has 3 rings (SSSR count). The van der Waals surface area contributed by atoms with Crippen LogP contribution in [0.3, 0.4) is 0 Å². The van der Waals surface area contributed by atoms with E-state index in [1.54, 1.807) is 24.3 Å². The number of thioether (sulfide) groups is 1. The van der Waals surface area contributed by atoms with Crippen LogP contribution in [0.1, 0.15) is 38.3 Å². The van der Waals surface area contributed by atoms with Crippen molar-refractivity contribution in [3.8, 4) is 0 Å². The summed E-state index contributed by atoms with van der Waals surface area (Å²) in [5.41, 5.74) is 2.70. The molecule has 1 heterocycles. The summed E-state index contributed by atoms with van der Waals surface area (Å²) in [6.45, 7) is 4.44. The van der Waals surface area contributed by atoms with Gasteiger partial charge in [0.25, 0.3) is 0 Å². The van der Waals surface area contributed by atoms with Gasteiger partial charge in [-0.15, -0.1) is 0 Å².